The number of nitrogens with zero attached hydrogens (tertiary/aromatic N) is 5. The number of piperidine rings is 2. The highest BCUT2D eigenvalue weighted by molar-refractivity contribution is 5.92. The molecule has 0 N–H and O–H groups in total. The van der Waals surface area contributed by atoms with Gasteiger partial charge in [-0.05, 0) is 43.9 Å². The minimum atomic E-state index is -0.0165. The maximum absolute atomic E-state index is 13.0. The second-order valence-electron chi connectivity index (χ2n) is 8.00. The van der Waals surface area contributed by atoms with Crippen molar-refractivity contribution in [1.82, 2.24) is 24.6 Å². The van der Waals surface area contributed by atoms with Crippen LogP contribution in [0.1, 0.15) is 48.7 Å². The quantitative estimate of drug-likeness (QED) is 0.815. The molecule has 7 heteroatoms. The third-order valence-electron chi connectivity index (χ3n) is 5.98. The van der Waals surface area contributed by atoms with E-state index in [9.17, 15) is 9.59 Å². The minimum absolute atomic E-state index is 0.00184. The first-order valence-electron chi connectivity index (χ1n) is 10.1. The number of pyridine rings is 1. The lowest BCUT2D eigenvalue weighted by Crippen LogP contribution is -2.54. The van der Waals surface area contributed by atoms with E-state index in [2.05, 4.69) is 10.1 Å². The first-order valence-corrected chi connectivity index (χ1v) is 10.1. The molecule has 0 radical (unpaired) electrons. The molecule has 28 heavy (non-hydrogen) atoms. The van der Waals surface area contributed by atoms with E-state index in [1.165, 1.54) is 0 Å². The largest absolute Gasteiger partial charge is 0.338 e. The molecule has 2 aromatic rings. The second kappa shape index (κ2) is 7.73. The van der Waals surface area contributed by atoms with E-state index in [4.69, 9.17) is 0 Å². The molecule has 4 heterocycles. The Hall–Kier alpha value is -2.70. The summed E-state index contributed by atoms with van der Waals surface area (Å²) in [6.07, 6.45) is 8.83. The summed E-state index contributed by atoms with van der Waals surface area (Å²) in [6, 6.07) is 5.70. The van der Waals surface area contributed by atoms with Crippen molar-refractivity contribution >= 4 is 11.8 Å². The lowest BCUT2D eigenvalue weighted by molar-refractivity contribution is -0.139. The number of hydrogen-bond donors (Lipinski definition) is 0. The van der Waals surface area contributed by atoms with Gasteiger partial charge in [-0.15, -0.1) is 0 Å². The summed E-state index contributed by atoms with van der Waals surface area (Å²) >= 11 is 0. The van der Waals surface area contributed by atoms with Crippen molar-refractivity contribution in [3.63, 3.8) is 0 Å². The van der Waals surface area contributed by atoms with Crippen LogP contribution in [0.4, 0.5) is 0 Å². The fourth-order valence-corrected chi connectivity index (χ4v) is 4.49. The number of aromatic nitrogens is 3. The van der Waals surface area contributed by atoms with Crippen LogP contribution in [-0.2, 0) is 17.9 Å². The third kappa shape index (κ3) is 3.79. The van der Waals surface area contributed by atoms with Gasteiger partial charge in [-0.25, -0.2) is 0 Å². The highest BCUT2D eigenvalue weighted by atomic mass is 16.2. The summed E-state index contributed by atoms with van der Waals surface area (Å²) in [5.41, 5.74) is 1.54. The highest BCUT2D eigenvalue weighted by Gasteiger charge is 2.43. The Morgan fingerprint density at radius 3 is 2.89 bits per heavy atom. The van der Waals surface area contributed by atoms with Gasteiger partial charge in [-0.1, -0.05) is 6.07 Å². The monoisotopic (exact) mass is 381 g/mol. The molecule has 2 aliphatic rings. The summed E-state index contributed by atoms with van der Waals surface area (Å²) in [6.45, 7) is 5.50. The van der Waals surface area contributed by atoms with E-state index >= 15 is 0 Å². The van der Waals surface area contributed by atoms with E-state index in [-0.39, 0.29) is 17.2 Å². The maximum atomic E-state index is 13.0. The summed E-state index contributed by atoms with van der Waals surface area (Å²) in [7, 11) is 0. The zero-order valence-electron chi connectivity index (χ0n) is 16.4. The molecule has 2 aliphatic heterocycles. The van der Waals surface area contributed by atoms with Gasteiger partial charge in [0.1, 0.15) is 5.69 Å². The smallest absolute Gasteiger partial charge is 0.274 e. The number of carbonyl (C=O) groups is 2. The van der Waals surface area contributed by atoms with Crippen LogP contribution in [0, 0.1) is 5.41 Å². The molecule has 7 nitrogen and oxygen atoms in total. The first kappa shape index (κ1) is 18.7. The van der Waals surface area contributed by atoms with Gasteiger partial charge in [0.2, 0.25) is 5.91 Å². The van der Waals surface area contributed by atoms with E-state index in [1.807, 2.05) is 41.2 Å². The summed E-state index contributed by atoms with van der Waals surface area (Å²) < 4.78 is 1.78. The van der Waals surface area contributed by atoms with Crippen molar-refractivity contribution in [2.45, 2.75) is 45.7 Å². The molecule has 2 fully saturated rings. The van der Waals surface area contributed by atoms with E-state index in [0.717, 1.165) is 37.9 Å². The molecule has 2 saturated heterocycles. The van der Waals surface area contributed by atoms with Crippen LogP contribution in [0.2, 0.25) is 0 Å². The van der Waals surface area contributed by atoms with Crippen molar-refractivity contribution in [2.75, 3.05) is 19.6 Å². The van der Waals surface area contributed by atoms with Crippen LogP contribution in [0.15, 0.2) is 36.8 Å². The summed E-state index contributed by atoms with van der Waals surface area (Å²) in [5.74, 6) is 0.196. The van der Waals surface area contributed by atoms with Gasteiger partial charge in [-0.3, -0.25) is 19.3 Å². The van der Waals surface area contributed by atoms with Crippen molar-refractivity contribution in [1.29, 1.82) is 0 Å². The molecular formula is C21H27N5O2. The number of rotatable bonds is 4. The van der Waals surface area contributed by atoms with Gasteiger partial charge in [0.05, 0.1) is 0 Å². The normalized spacial score (nSPS) is 22.7. The number of aryl methyl sites for hydroxylation is 1. The second-order valence-corrected chi connectivity index (χ2v) is 8.00. The fraction of sp³-hybridized carbons (Fsp3) is 0.524. The van der Waals surface area contributed by atoms with Crippen molar-refractivity contribution in [3.8, 4) is 0 Å². The molecule has 0 saturated carbocycles. The number of hydrogen-bond acceptors (Lipinski definition) is 4. The topological polar surface area (TPSA) is 71.3 Å². The number of carbonyl (C=O) groups excluding carboxylic acids is 2. The summed E-state index contributed by atoms with van der Waals surface area (Å²) in [4.78, 5) is 33.5. The molecule has 1 spiro atoms. The van der Waals surface area contributed by atoms with Gasteiger partial charge in [0.25, 0.3) is 5.91 Å². The van der Waals surface area contributed by atoms with E-state index in [0.29, 0.717) is 31.7 Å². The molecule has 0 bridgehead atoms. The van der Waals surface area contributed by atoms with E-state index in [1.54, 1.807) is 16.9 Å². The van der Waals surface area contributed by atoms with Crippen molar-refractivity contribution < 1.29 is 9.59 Å². The summed E-state index contributed by atoms with van der Waals surface area (Å²) in [5, 5.41) is 4.37. The van der Waals surface area contributed by atoms with Crippen LogP contribution in [0.5, 0.6) is 0 Å². The molecular weight excluding hydrogens is 354 g/mol. The molecule has 148 valence electrons. The Bertz CT molecular complexity index is 849. The Kier molecular flexibility index (Phi) is 5.15. The molecule has 0 aliphatic carbocycles. The average molecular weight is 381 g/mol. The predicted octanol–water partition coefficient (Wildman–Crippen LogP) is 2.34. The molecule has 1 atom stereocenters. The predicted molar refractivity (Wildman–Crippen MR) is 104 cm³/mol. The SMILES string of the molecule is CCn1ccc(C(=O)N2CCCC3(CCC(=O)N(Cc4cccnc4)C3)C2)n1. The number of likely N-dealkylation sites (tertiary alicyclic amines) is 2. The zero-order chi connectivity index (χ0) is 19.6. The highest BCUT2D eigenvalue weighted by Crippen LogP contribution is 2.39. The van der Waals surface area contributed by atoms with E-state index < -0.39 is 0 Å². The van der Waals surface area contributed by atoms with Crippen LogP contribution >= 0.6 is 0 Å². The minimum Gasteiger partial charge on any atom is -0.338 e. The zero-order valence-corrected chi connectivity index (χ0v) is 16.4. The third-order valence-corrected chi connectivity index (χ3v) is 5.98. The van der Waals surface area contributed by atoms with Crippen molar-refractivity contribution in [2.24, 2.45) is 5.41 Å². The van der Waals surface area contributed by atoms with Crippen LogP contribution in [-0.4, -0.2) is 56.0 Å². The molecule has 0 aromatic carbocycles. The van der Waals surface area contributed by atoms with Gasteiger partial charge >= 0.3 is 0 Å². The molecule has 1 unspecified atom stereocenters. The Balaban J connectivity index is 1.47. The first-order chi connectivity index (χ1) is 13.6. The Labute approximate surface area is 165 Å². The van der Waals surface area contributed by atoms with Gasteiger partial charge in [0, 0.05) is 63.2 Å². The molecule has 2 aromatic heterocycles. The lowest BCUT2D eigenvalue weighted by Gasteiger charge is -2.48. The molecule has 4 rings (SSSR count). The van der Waals surface area contributed by atoms with Gasteiger partial charge in [0.15, 0.2) is 0 Å². The maximum Gasteiger partial charge on any atom is 0.274 e. The lowest BCUT2D eigenvalue weighted by atomic mass is 9.73. The molecule has 2 amide bonds. The van der Waals surface area contributed by atoms with Crippen molar-refractivity contribution in [3.05, 3.63) is 48.0 Å². The Morgan fingerprint density at radius 2 is 2.14 bits per heavy atom. The fourth-order valence-electron chi connectivity index (χ4n) is 4.49. The van der Waals surface area contributed by atoms with Crippen LogP contribution in [0.25, 0.3) is 0 Å². The standard InChI is InChI=1S/C21H27N5O2/c1-2-26-12-7-18(23-26)20(28)24-11-4-8-21(15-24)9-6-19(27)25(16-21)14-17-5-3-10-22-13-17/h3,5,7,10,12-13H,2,4,6,8-9,11,14-16H2,1H3. The van der Waals surface area contributed by atoms with Gasteiger partial charge in [-0.2, -0.15) is 5.10 Å². The van der Waals surface area contributed by atoms with Crippen LogP contribution in [0.3, 0.4) is 0 Å². The Morgan fingerprint density at radius 1 is 1.25 bits per heavy atom. The number of amides is 2. The average Bonchev–Trinajstić information content (AvgIpc) is 3.21. The van der Waals surface area contributed by atoms with Crippen LogP contribution < -0.4 is 0 Å². The van der Waals surface area contributed by atoms with Gasteiger partial charge < -0.3 is 9.80 Å².